The van der Waals surface area contributed by atoms with Crippen LogP contribution in [0.5, 0.6) is 0 Å². The van der Waals surface area contributed by atoms with Crippen molar-refractivity contribution < 1.29 is 17.7 Å². The number of fused-ring (bicyclic) bond motifs is 1. The van der Waals surface area contributed by atoms with Gasteiger partial charge in [-0.2, -0.15) is 8.42 Å². The predicted molar refractivity (Wildman–Crippen MR) is 80.4 cm³/mol. The van der Waals surface area contributed by atoms with E-state index in [1.165, 1.54) is 12.5 Å². The van der Waals surface area contributed by atoms with Gasteiger partial charge in [-0.3, -0.25) is 4.79 Å². The van der Waals surface area contributed by atoms with Crippen LogP contribution in [0.1, 0.15) is 54.5 Å². The monoisotopic (exact) mass is 338 g/mol. The van der Waals surface area contributed by atoms with Crippen molar-refractivity contribution >= 4 is 15.9 Å². The Morgan fingerprint density at radius 2 is 2.09 bits per heavy atom. The van der Waals surface area contributed by atoms with Crippen LogP contribution in [0.2, 0.25) is 0 Å². The highest BCUT2D eigenvalue weighted by Gasteiger charge is 2.28. The van der Waals surface area contributed by atoms with Crippen molar-refractivity contribution in [2.24, 2.45) is 0 Å². The summed E-state index contributed by atoms with van der Waals surface area (Å²) < 4.78 is 33.4. The van der Waals surface area contributed by atoms with Crippen molar-refractivity contribution in [3.05, 3.63) is 29.5 Å². The molecular weight excluding hydrogens is 320 g/mol. The molecule has 0 saturated heterocycles. The van der Waals surface area contributed by atoms with E-state index >= 15 is 0 Å². The molecular formula is C14H18N4O4S. The Labute approximate surface area is 133 Å². The van der Waals surface area contributed by atoms with Crippen molar-refractivity contribution in [1.82, 2.24) is 19.4 Å². The zero-order chi connectivity index (χ0) is 16.6. The Bertz CT molecular complexity index is 835. The molecule has 0 spiro atoms. The maximum absolute atomic E-state index is 12.3. The van der Waals surface area contributed by atoms with Gasteiger partial charge in [-0.15, -0.1) is 0 Å². The fourth-order valence-corrected chi connectivity index (χ4v) is 3.42. The number of carbonyl (C=O) groups is 1. The second-order valence-corrected chi connectivity index (χ2v) is 7.46. The van der Waals surface area contributed by atoms with Crippen LogP contribution in [0, 0.1) is 0 Å². The SMILES string of the molecule is CC(C)n1cnc(S(=O)(=O)NC(=O)c2noc3c2CCCC3)c1. The minimum Gasteiger partial charge on any atom is -0.360 e. The molecule has 2 aromatic heterocycles. The number of imidazole rings is 1. The van der Waals surface area contributed by atoms with Gasteiger partial charge in [0.15, 0.2) is 10.7 Å². The van der Waals surface area contributed by atoms with Gasteiger partial charge >= 0.3 is 0 Å². The fourth-order valence-electron chi connectivity index (χ4n) is 2.52. The molecule has 0 fully saturated rings. The molecule has 0 bridgehead atoms. The van der Waals surface area contributed by atoms with Gasteiger partial charge in [-0.05, 0) is 33.1 Å². The highest BCUT2D eigenvalue weighted by atomic mass is 32.2. The Kier molecular flexibility index (Phi) is 3.97. The topological polar surface area (TPSA) is 107 Å². The fraction of sp³-hybridized carbons (Fsp3) is 0.500. The van der Waals surface area contributed by atoms with Crippen LogP contribution in [0.4, 0.5) is 0 Å². The lowest BCUT2D eigenvalue weighted by molar-refractivity contribution is 0.0971. The molecule has 3 rings (SSSR count). The number of aryl methyl sites for hydroxylation is 1. The molecule has 124 valence electrons. The van der Waals surface area contributed by atoms with Crippen molar-refractivity contribution in [3.8, 4) is 0 Å². The highest BCUT2D eigenvalue weighted by Crippen LogP contribution is 2.24. The lowest BCUT2D eigenvalue weighted by Gasteiger charge is -2.09. The lowest BCUT2D eigenvalue weighted by Crippen LogP contribution is -2.32. The summed E-state index contributed by atoms with van der Waals surface area (Å²) in [5.41, 5.74) is 0.753. The van der Waals surface area contributed by atoms with E-state index in [4.69, 9.17) is 4.52 Å². The van der Waals surface area contributed by atoms with Gasteiger partial charge < -0.3 is 9.09 Å². The van der Waals surface area contributed by atoms with Crippen LogP contribution in [-0.2, 0) is 22.9 Å². The summed E-state index contributed by atoms with van der Waals surface area (Å²) >= 11 is 0. The molecule has 2 aromatic rings. The standard InChI is InChI=1S/C14H18N4O4S/c1-9(2)18-7-12(15-8-18)23(20,21)17-14(19)13-10-5-3-4-6-11(10)22-16-13/h7-9H,3-6H2,1-2H3,(H,17,19). The number of hydrogen-bond acceptors (Lipinski definition) is 6. The molecule has 1 aliphatic carbocycles. The van der Waals surface area contributed by atoms with Gasteiger partial charge in [0, 0.05) is 24.2 Å². The van der Waals surface area contributed by atoms with Crippen molar-refractivity contribution in [2.75, 3.05) is 0 Å². The Balaban J connectivity index is 1.82. The molecule has 0 aromatic carbocycles. The number of sulfonamides is 1. The summed E-state index contributed by atoms with van der Waals surface area (Å²) in [6.45, 7) is 3.80. The van der Waals surface area contributed by atoms with E-state index < -0.39 is 15.9 Å². The molecule has 0 unspecified atom stereocenters. The minimum absolute atomic E-state index is 0.0477. The normalized spacial score (nSPS) is 14.7. The van der Waals surface area contributed by atoms with E-state index in [0.29, 0.717) is 17.7 Å². The first-order valence-electron chi connectivity index (χ1n) is 7.46. The van der Waals surface area contributed by atoms with Gasteiger partial charge in [0.2, 0.25) is 0 Å². The number of hydrogen-bond donors (Lipinski definition) is 1. The second-order valence-electron chi connectivity index (χ2n) is 5.83. The summed E-state index contributed by atoms with van der Waals surface area (Å²) in [6.07, 6.45) is 6.11. The van der Waals surface area contributed by atoms with Crippen molar-refractivity contribution in [2.45, 2.75) is 50.6 Å². The van der Waals surface area contributed by atoms with E-state index in [1.807, 2.05) is 18.6 Å². The zero-order valence-electron chi connectivity index (χ0n) is 12.9. The molecule has 1 amide bonds. The summed E-state index contributed by atoms with van der Waals surface area (Å²) in [6, 6.07) is 0.0738. The van der Waals surface area contributed by atoms with Gasteiger partial charge in [0.1, 0.15) is 5.76 Å². The third kappa shape index (κ3) is 3.00. The average Bonchev–Trinajstić information content (AvgIpc) is 3.14. The first-order chi connectivity index (χ1) is 10.9. The summed E-state index contributed by atoms with van der Waals surface area (Å²) in [5, 5.41) is 3.53. The lowest BCUT2D eigenvalue weighted by atomic mass is 9.96. The quantitative estimate of drug-likeness (QED) is 0.904. The molecule has 2 heterocycles. The summed E-state index contributed by atoms with van der Waals surface area (Å²) in [5.74, 6) is -0.112. The van der Waals surface area contributed by atoms with Gasteiger partial charge in [-0.1, -0.05) is 5.16 Å². The van der Waals surface area contributed by atoms with E-state index in [1.54, 1.807) is 4.57 Å². The van der Waals surface area contributed by atoms with E-state index in [9.17, 15) is 13.2 Å². The highest BCUT2D eigenvalue weighted by molar-refractivity contribution is 7.90. The maximum atomic E-state index is 12.3. The second kappa shape index (κ2) is 5.80. The number of aromatic nitrogens is 3. The number of nitrogens with one attached hydrogen (secondary N) is 1. The van der Waals surface area contributed by atoms with Crippen molar-refractivity contribution in [1.29, 1.82) is 0 Å². The van der Waals surface area contributed by atoms with E-state index in [-0.39, 0.29) is 16.8 Å². The summed E-state index contributed by atoms with van der Waals surface area (Å²) in [4.78, 5) is 16.1. The molecule has 0 atom stereocenters. The molecule has 23 heavy (non-hydrogen) atoms. The van der Waals surface area contributed by atoms with E-state index in [2.05, 4.69) is 10.1 Å². The van der Waals surface area contributed by atoms with Crippen LogP contribution in [-0.4, -0.2) is 29.0 Å². The number of rotatable bonds is 4. The van der Waals surface area contributed by atoms with Crippen LogP contribution >= 0.6 is 0 Å². The van der Waals surface area contributed by atoms with Gasteiger partial charge in [-0.25, -0.2) is 9.71 Å². The Morgan fingerprint density at radius 1 is 1.35 bits per heavy atom. The van der Waals surface area contributed by atoms with Crippen LogP contribution in [0.3, 0.4) is 0 Å². The zero-order valence-corrected chi connectivity index (χ0v) is 13.8. The molecule has 0 aliphatic heterocycles. The third-order valence-electron chi connectivity index (χ3n) is 3.84. The van der Waals surface area contributed by atoms with Crippen LogP contribution in [0.25, 0.3) is 0 Å². The molecule has 8 nitrogen and oxygen atoms in total. The van der Waals surface area contributed by atoms with Gasteiger partial charge in [0.05, 0.1) is 6.33 Å². The first-order valence-corrected chi connectivity index (χ1v) is 8.95. The van der Waals surface area contributed by atoms with E-state index in [0.717, 1.165) is 19.3 Å². The Morgan fingerprint density at radius 3 is 2.78 bits per heavy atom. The van der Waals surface area contributed by atoms with Gasteiger partial charge in [0.25, 0.3) is 15.9 Å². The molecule has 9 heteroatoms. The Hall–Kier alpha value is -2.16. The molecule has 0 saturated carbocycles. The largest absolute Gasteiger partial charge is 0.360 e. The van der Waals surface area contributed by atoms with Crippen LogP contribution < -0.4 is 4.72 Å². The number of nitrogens with zero attached hydrogens (tertiary/aromatic N) is 3. The minimum atomic E-state index is -4.04. The number of amides is 1. The summed E-state index contributed by atoms with van der Waals surface area (Å²) in [7, 11) is -4.04. The van der Waals surface area contributed by atoms with Crippen LogP contribution in [0.15, 0.2) is 22.1 Å². The average molecular weight is 338 g/mol. The molecule has 0 radical (unpaired) electrons. The molecule has 1 N–H and O–H groups in total. The maximum Gasteiger partial charge on any atom is 0.287 e. The smallest absolute Gasteiger partial charge is 0.287 e. The van der Waals surface area contributed by atoms with Crippen molar-refractivity contribution in [3.63, 3.8) is 0 Å². The number of carbonyl (C=O) groups excluding carboxylic acids is 1. The molecule has 1 aliphatic rings. The third-order valence-corrected chi connectivity index (χ3v) is 5.06. The first kappa shape index (κ1) is 15.7. The predicted octanol–water partition coefficient (Wildman–Crippen LogP) is 1.45.